The first kappa shape index (κ1) is 21.9. The van der Waals surface area contributed by atoms with E-state index in [1.165, 1.54) is 0 Å². The second-order valence-corrected chi connectivity index (χ2v) is 8.25. The van der Waals surface area contributed by atoms with Crippen molar-refractivity contribution < 1.29 is 26.4 Å². The van der Waals surface area contributed by atoms with E-state index in [0.717, 1.165) is 22.8 Å². The Bertz CT molecular complexity index is 1040. The zero-order chi connectivity index (χ0) is 21.4. The summed E-state index contributed by atoms with van der Waals surface area (Å²) in [5, 5.41) is 2.02. The number of benzene rings is 2. The lowest BCUT2D eigenvalue weighted by molar-refractivity contribution is -0.115. The maximum absolute atomic E-state index is 13.6. The SMILES string of the molecule is Cc1c(C)c(C)c(S(=O)(=O)NCC(=O)Nc2ccc(F)c(F)c2F)c(C)c1C. The van der Waals surface area contributed by atoms with Gasteiger partial charge in [0.2, 0.25) is 15.9 Å². The van der Waals surface area contributed by atoms with E-state index < -0.39 is 45.6 Å². The fourth-order valence-electron chi connectivity index (χ4n) is 2.92. The van der Waals surface area contributed by atoms with Crippen LogP contribution in [-0.4, -0.2) is 20.9 Å². The minimum absolute atomic E-state index is 0.0832. The maximum Gasteiger partial charge on any atom is 0.241 e. The molecule has 0 spiro atoms. The molecule has 0 atom stereocenters. The average molecular weight is 414 g/mol. The van der Waals surface area contributed by atoms with E-state index in [1.54, 1.807) is 13.8 Å². The average Bonchev–Trinajstić information content (AvgIpc) is 2.63. The molecule has 2 aromatic carbocycles. The molecule has 0 radical (unpaired) electrons. The van der Waals surface area contributed by atoms with Gasteiger partial charge >= 0.3 is 0 Å². The molecule has 0 unspecified atom stereocenters. The van der Waals surface area contributed by atoms with E-state index in [1.807, 2.05) is 26.1 Å². The molecule has 2 rings (SSSR count). The van der Waals surface area contributed by atoms with Crippen molar-refractivity contribution in [3.63, 3.8) is 0 Å². The van der Waals surface area contributed by atoms with Crippen molar-refractivity contribution in [1.29, 1.82) is 0 Å². The number of nitrogens with one attached hydrogen (secondary N) is 2. The van der Waals surface area contributed by atoms with Crippen LogP contribution in [0.2, 0.25) is 0 Å². The largest absolute Gasteiger partial charge is 0.322 e. The van der Waals surface area contributed by atoms with Crippen LogP contribution in [0.4, 0.5) is 18.9 Å². The standard InChI is InChI=1S/C19H21F3N2O3S/c1-9-10(2)12(4)19(13(5)11(9)3)28(26,27)23-8-16(25)24-15-7-6-14(20)17(21)18(15)22/h6-7,23H,8H2,1-5H3,(H,24,25). The third kappa shape index (κ3) is 4.05. The van der Waals surface area contributed by atoms with Gasteiger partial charge in [-0.25, -0.2) is 26.3 Å². The lowest BCUT2D eigenvalue weighted by Gasteiger charge is -2.19. The number of hydrogen-bond donors (Lipinski definition) is 2. The Morgan fingerprint density at radius 1 is 0.857 bits per heavy atom. The molecule has 0 aliphatic heterocycles. The molecule has 0 bridgehead atoms. The summed E-state index contributed by atoms with van der Waals surface area (Å²) in [5.74, 6) is -5.61. The first-order valence-corrected chi connectivity index (χ1v) is 9.86. The molecule has 0 aliphatic carbocycles. The van der Waals surface area contributed by atoms with Crippen LogP contribution in [0.5, 0.6) is 0 Å². The van der Waals surface area contributed by atoms with Crippen LogP contribution >= 0.6 is 0 Å². The first-order valence-electron chi connectivity index (χ1n) is 8.38. The van der Waals surface area contributed by atoms with Gasteiger partial charge in [-0.3, -0.25) is 4.79 Å². The van der Waals surface area contributed by atoms with E-state index in [9.17, 15) is 26.4 Å². The topological polar surface area (TPSA) is 75.3 Å². The fourth-order valence-corrected chi connectivity index (χ4v) is 4.50. The summed E-state index contributed by atoms with van der Waals surface area (Å²) in [6.07, 6.45) is 0. The van der Waals surface area contributed by atoms with Crippen LogP contribution < -0.4 is 10.0 Å². The van der Waals surface area contributed by atoms with Gasteiger partial charge in [-0.15, -0.1) is 0 Å². The molecule has 0 heterocycles. The number of rotatable bonds is 5. The fraction of sp³-hybridized carbons (Fsp3) is 0.316. The highest BCUT2D eigenvalue weighted by Crippen LogP contribution is 2.29. The molecule has 0 fully saturated rings. The van der Waals surface area contributed by atoms with Gasteiger partial charge in [0.05, 0.1) is 17.1 Å². The smallest absolute Gasteiger partial charge is 0.241 e. The molecule has 28 heavy (non-hydrogen) atoms. The summed E-state index contributed by atoms with van der Waals surface area (Å²) in [5.41, 5.74) is 3.20. The lowest BCUT2D eigenvalue weighted by atomic mass is 9.95. The van der Waals surface area contributed by atoms with Crippen molar-refractivity contribution in [2.45, 2.75) is 39.5 Å². The van der Waals surface area contributed by atoms with Crippen LogP contribution in [-0.2, 0) is 14.8 Å². The Balaban J connectivity index is 2.23. The molecular formula is C19H21F3N2O3S. The number of sulfonamides is 1. The molecule has 9 heteroatoms. The predicted molar refractivity (Wildman–Crippen MR) is 100 cm³/mol. The Morgan fingerprint density at radius 3 is 1.89 bits per heavy atom. The van der Waals surface area contributed by atoms with Crippen LogP contribution in [0.15, 0.2) is 17.0 Å². The molecule has 0 saturated carbocycles. The number of hydrogen-bond acceptors (Lipinski definition) is 3. The Kier molecular flexibility index (Phi) is 6.20. The van der Waals surface area contributed by atoms with Gasteiger partial charge in [0.25, 0.3) is 0 Å². The minimum atomic E-state index is -4.03. The quantitative estimate of drug-likeness (QED) is 0.735. The van der Waals surface area contributed by atoms with Gasteiger partial charge < -0.3 is 5.32 Å². The molecule has 2 aromatic rings. The van der Waals surface area contributed by atoms with Crippen molar-refractivity contribution in [2.24, 2.45) is 0 Å². The van der Waals surface area contributed by atoms with E-state index in [-0.39, 0.29) is 4.90 Å². The Labute approximate surface area is 162 Å². The van der Waals surface area contributed by atoms with Crippen molar-refractivity contribution in [3.05, 3.63) is 57.4 Å². The van der Waals surface area contributed by atoms with Gasteiger partial charge in [0.1, 0.15) is 0 Å². The van der Waals surface area contributed by atoms with Gasteiger partial charge in [0, 0.05) is 0 Å². The number of amides is 1. The highest BCUT2D eigenvalue weighted by molar-refractivity contribution is 7.89. The highest BCUT2D eigenvalue weighted by Gasteiger charge is 2.24. The van der Waals surface area contributed by atoms with E-state index in [4.69, 9.17) is 0 Å². The summed E-state index contributed by atoms with van der Waals surface area (Å²) < 4.78 is 67.4. The van der Waals surface area contributed by atoms with Crippen molar-refractivity contribution in [1.82, 2.24) is 4.72 Å². The van der Waals surface area contributed by atoms with Gasteiger partial charge in [0.15, 0.2) is 17.5 Å². The molecule has 5 nitrogen and oxygen atoms in total. The minimum Gasteiger partial charge on any atom is -0.322 e. The molecule has 0 aliphatic rings. The molecule has 0 saturated heterocycles. The van der Waals surface area contributed by atoms with Crippen LogP contribution in [0.1, 0.15) is 27.8 Å². The number of carbonyl (C=O) groups is 1. The van der Waals surface area contributed by atoms with E-state index in [0.29, 0.717) is 17.2 Å². The summed E-state index contributed by atoms with van der Waals surface area (Å²) in [6, 6.07) is 1.50. The first-order chi connectivity index (χ1) is 12.9. The monoisotopic (exact) mass is 414 g/mol. The summed E-state index contributed by atoms with van der Waals surface area (Å²) >= 11 is 0. The molecule has 152 valence electrons. The Morgan fingerprint density at radius 2 is 1.36 bits per heavy atom. The maximum atomic E-state index is 13.6. The van der Waals surface area contributed by atoms with Crippen LogP contribution in [0.3, 0.4) is 0 Å². The highest BCUT2D eigenvalue weighted by atomic mass is 32.2. The summed E-state index contributed by atoms with van der Waals surface area (Å²) in [4.78, 5) is 12.1. The number of carbonyl (C=O) groups excluding carboxylic acids is 1. The number of anilines is 1. The van der Waals surface area contributed by atoms with E-state index >= 15 is 0 Å². The molecule has 0 aromatic heterocycles. The lowest BCUT2D eigenvalue weighted by Crippen LogP contribution is -2.34. The molecule has 1 amide bonds. The zero-order valence-corrected chi connectivity index (χ0v) is 16.9. The normalized spacial score (nSPS) is 11.6. The van der Waals surface area contributed by atoms with Gasteiger partial charge in [-0.05, 0) is 74.6 Å². The van der Waals surface area contributed by atoms with Crippen molar-refractivity contribution in [2.75, 3.05) is 11.9 Å². The van der Waals surface area contributed by atoms with Crippen LogP contribution in [0.25, 0.3) is 0 Å². The van der Waals surface area contributed by atoms with Crippen molar-refractivity contribution in [3.8, 4) is 0 Å². The molecular weight excluding hydrogens is 393 g/mol. The second kappa shape index (κ2) is 7.92. The van der Waals surface area contributed by atoms with Crippen molar-refractivity contribution >= 4 is 21.6 Å². The third-order valence-corrected chi connectivity index (χ3v) is 6.61. The number of halogens is 3. The summed E-state index contributed by atoms with van der Waals surface area (Å²) in [7, 11) is -4.03. The predicted octanol–water partition coefficient (Wildman–Crippen LogP) is 3.56. The Hall–Kier alpha value is -2.39. The second-order valence-electron chi connectivity index (χ2n) is 6.55. The van der Waals surface area contributed by atoms with Gasteiger partial charge in [-0.1, -0.05) is 0 Å². The molecule has 2 N–H and O–H groups in total. The summed E-state index contributed by atoms with van der Waals surface area (Å²) in [6.45, 7) is 8.19. The van der Waals surface area contributed by atoms with E-state index in [2.05, 4.69) is 4.72 Å². The van der Waals surface area contributed by atoms with Gasteiger partial charge in [-0.2, -0.15) is 0 Å². The van der Waals surface area contributed by atoms with Crippen LogP contribution in [0, 0.1) is 52.1 Å². The zero-order valence-electron chi connectivity index (χ0n) is 16.1. The third-order valence-electron chi connectivity index (χ3n) is 4.93.